The Labute approximate surface area is 175 Å². The summed E-state index contributed by atoms with van der Waals surface area (Å²) in [5.74, 6) is -1.42. The Morgan fingerprint density at radius 1 is 1.20 bits per heavy atom. The minimum absolute atomic E-state index is 0.0770. The van der Waals surface area contributed by atoms with Gasteiger partial charge in [0, 0.05) is 30.4 Å². The van der Waals surface area contributed by atoms with Gasteiger partial charge < -0.3 is 16.0 Å². The zero-order valence-electron chi connectivity index (χ0n) is 17.3. The number of benzene rings is 2. The lowest BCUT2D eigenvalue weighted by Crippen LogP contribution is -2.39. The summed E-state index contributed by atoms with van der Waals surface area (Å²) >= 11 is 0. The van der Waals surface area contributed by atoms with Gasteiger partial charge in [-0.1, -0.05) is 0 Å². The van der Waals surface area contributed by atoms with Gasteiger partial charge in [-0.15, -0.1) is 0 Å². The summed E-state index contributed by atoms with van der Waals surface area (Å²) in [6.45, 7) is 7.22. The number of primary amides is 1. The first-order valence-corrected chi connectivity index (χ1v) is 9.89. The number of anilines is 3. The highest BCUT2D eigenvalue weighted by Gasteiger charge is 2.35. The SMILES string of the molecule is CCN(c1ccc(NC(=O)C2=NN(c3ccc(F)cc3)C(C(N)=O)C2)cc1)C(C)C. The molecule has 158 valence electrons. The molecule has 0 spiro atoms. The van der Waals surface area contributed by atoms with Crippen LogP contribution in [-0.4, -0.2) is 36.2 Å². The molecule has 0 bridgehead atoms. The van der Waals surface area contributed by atoms with Crippen LogP contribution in [-0.2, 0) is 9.59 Å². The number of amides is 2. The van der Waals surface area contributed by atoms with E-state index in [1.807, 2.05) is 24.3 Å². The Kier molecular flexibility index (Phi) is 6.34. The number of carbonyl (C=O) groups excluding carboxylic acids is 2. The van der Waals surface area contributed by atoms with E-state index >= 15 is 0 Å². The van der Waals surface area contributed by atoms with Crippen molar-refractivity contribution in [3.63, 3.8) is 0 Å². The Morgan fingerprint density at radius 2 is 1.83 bits per heavy atom. The van der Waals surface area contributed by atoms with E-state index in [0.29, 0.717) is 17.4 Å². The van der Waals surface area contributed by atoms with E-state index < -0.39 is 23.7 Å². The predicted octanol–water partition coefficient (Wildman–Crippen LogP) is 3.12. The van der Waals surface area contributed by atoms with Crippen LogP contribution in [0, 0.1) is 5.82 Å². The smallest absolute Gasteiger partial charge is 0.271 e. The van der Waals surface area contributed by atoms with Gasteiger partial charge in [0.2, 0.25) is 5.91 Å². The molecule has 2 amide bonds. The molecule has 0 saturated carbocycles. The fraction of sp³-hybridized carbons (Fsp3) is 0.318. The van der Waals surface area contributed by atoms with Crippen LogP contribution in [0.3, 0.4) is 0 Å². The van der Waals surface area contributed by atoms with Crippen molar-refractivity contribution in [2.24, 2.45) is 10.8 Å². The van der Waals surface area contributed by atoms with E-state index in [1.165, 1.54) is 29.3 Å². The van der Waals surface area contributed by atoms with Gasteiger partial charge in [0.25, 0.3) is 5.91 Å². The summed E-state index contributed by atoms with van der Waals surface area (Å²) in [6.07, 6.45) is 0.0770. The van der Waals surface area contributed by atoms with E-state index in [0.717, 1.165) is 12.2 Å². The Hall–Kier alpha value is -3.42. The quantitative estimate of drug-likeness (QED) is 0.732. The van der Waals surface area contributed by atoms with E-state index in [1.54, 1.807) is 0 Å². The number of halogens is 1. The number of nitrogens with two attached hydrogens (primary N) is 1. The molecule has 1 heterocycles. The van der Waals surface area contributed by atoms with Crippen molar-refractivity contribution in [3.05, 3.63) is 54.3 Å². The van der Waals surface area contributed by atoms with E-state index in [4.69, 9.17) is 5.73 Å². The molecule has 0 radical (unpaired) electrons. The van der Waals surface area contributed by atoms with E-state index in [-0.39, 0.29) is 12.1 Å². The van der Waals surface area contributed by atoms with Gasteiger partial charge in [-0.3, -0.25) is 14.6 Å². The maximum Gasteiger partial charge on any atom is 0.271 e. The molecular weight excluding hydrogens is 385 g/mol. The first-order chi connectivity index (χ1) is 14.3. The van der Waals surface area contributed by atoms with Crippen molar-refractivity contribution in [3.8, 4) is 0 Å². The molecule has 0 aromatic heterocycles. The number of hydrazone groups is 1. The molecule has 8 heteroatoms. The van der Waals surface area contributed by atoms with Gasteiger partial charge in [0.05, 0.1) is 5.69 Å². The van der Waals surface area contributed by atoms with Crippen molar-refractivity contribution in [2.75, 3.05) is 21.8 Å². The zero-order chi connectivity index (χ0) is 21.8. The molecule has 7 nitrogen and oxygen atoms in total. The molecule has 3 rings (SSSR count). The molecule has 0 saturated heterocycles. The second kappa shape index (κ2) is 8.94. The standard InChI is InChI=1S/C22H26FN5O2/c1-4-27(14(2)3)17-11-7-16(8-12-17)25-22(30)19-13-20(21(24)29)28(26-19)18-9-5-15(23)6-10-18/h5-12,14,20H,4,13H2,1-3H3,(H2,24,29)(H,25,30). The summed E-state index contributed by atoms with van der Waals surface area (Å²) in [7, 11) is 0. The molecule has 1 aliphatic rings. The van der Waals surface area contributed by atoms with Gasteiger partial charge >= 0.3 is 0 Å². The van der Waals surface area contributed by atoms with Crippen LogP contribution in [0.2, 0.25) is 0 Å². The van der Waals surface area contributed by atoms with Crippen molar-refractivity contribution in [2.45, 2.75) is 39.3 Å². The number of hydrogen-bond donors (Lipinski definition) is 2. The molecule has 1 aliphatic heterocycles. The number of hydrogen-bond acceptors (Lipinski definition) is 5. The van der Waals surface area contributed by atoms with Gasteiger partial charge in [0.15, 0.2) is 0 Å². The minimum atomic E-state index is -0.803. The molecule has 0 fully saturated rings. The highest BCUT2D eigenvalue weighted by atomic mass is 19.1. The summed E-state index contributed by atoms with van der Waals surface area (Å²) < 4.78 is 13.2. The van der Waals surface area contributed by atoms with Gasteiger partial charge in [-0.2, -0.15) is 5.10 Å². The van der Waals surface area contributed by atoms with Gasteiger partial charge in [-0.05, 0) is 69.3 Å². The Balaban J connectivity index is 1.75. The topological polar surface area (TPSA) is 91.0 Å². The fourth-order valence-electron chi connectivity index (χ4n) is 3.49. The third-order valence-electron chi connectivity index (χ3n) is 5.01. The molecule has 2 aromatic carbocycles. The lowest BCUT2D eigenvalue weighted by atomic mass is 10.1. The van der Waals surface area contributed by atoms with Crippen molar-refractivity contribution >= 4 is 34.6 Å². The summed E-state index contributed by atoms with van der Waals surface area (Å²) in [5.41, 5.74) is 7.86. The fourth-order valence-corrected chi connectivity index (χ4v) is 3.49. The lowest BCUT2D eigenvalue weighted by Gasteiger charge is -2.27. The summed E-state index contributed by atoms with van der Waals surface area (Å²) in [6, 6.07) is 12.6. The van der Waals surface area contributed by atoms with Gasteiger partial charge in [0.1, 0.15) is 17.6 Å². The molecule has 0 aliphatic carbocycles. The molecular formula is C22H26FN5O2. The maximum atomic E-state index is 13.2. The second-order valence-corrected chi connectivity index (χ2v) is 7.37. The molecule has 1 atom stereocenters. The van der Waals surface area contributed by atoms with Crippen LogP contribution in [0.4, 0.5) is 21.5 Å². The number of rotatable bonds is 7. The first-order valence-electron chi connectivity index (χ1n) is 9.89. The highest BCUT2D eigenvalue weighted by molar-refractivity contribution is 6.44. The average Bonchev–Trinajstić information content (AvgIpc) is 3.16. The van der Waals surface area contributed by atoms with Crippen molar-refractivity contribution in [1.82, 2.24) is 0 Å². The predicted molar refractivity (Wildman–Crippen MR) is 117 cm³/mol. The van der Waals surface area contributed by atoms with Crippen LogP contribution >= 0.6 is 0 Å². The second-order valence-electron chi connectivity index (χ2n) is 7.37. The summed E-state index contributed by atoms with van der Waals surface area (Å²) in [5, 5.41) is 8.45. The van der Waals surface area contributed by atoms with E-state index in [2.05, 4.69) is 36.1 Å². The van der Waals surface area contributed by atoms with Crippen LogP contribution in [0.5, 0.6) is 0 Å². The third-order valence-corrected chi connectivity index (χ3v) is 5.01. The van der Waals surface area contributed by atoms with Gasteiger partial charge in [-0.25, -0.2) is 4.39 Å². The minimum Gasteiger partial charge on any atom is -0.369 e. The zero-order valence-corrected chi connectivity index (χ0v) is 17.3. The Morgan fingerprint density at radius 3 is 2.37 bits per heavy atom. The molecule has 3 N–H and O–H groups in total. The van der Waals surface area contributed by atoms with Crippen LogP contribution in [0.25, 0.3) is 0 Å². The third kappa shape index (κ3) is 4.59. The number of carbonyl (C=O) groups is 2. The van der Waals surface area contributed by atoms with Crippen molar-refractivity contribution < 1.29 is 14.0 Å². The normalized spacial score (nSPS) is 15.8. The van der Waals surface area contributed by atoms with Crippen LogP contribution in [0.15, 0.2) is 53.6 Å². The Bertz CT molecular complexity index is 941. The molecule has 30 heavy (non-hydrogen) atoms. The van der Waals surface area contributed by atoms with Crippen LogP contribution < -0.4 is 21.0 Å². The monoisotopic (exact) mass is 411 g/mol. The number of nitrogens with one attached hydrogen (secondary N) is 1. The van der Waals surface area contributed by atoms with Crippen molar-refractivity contribution in [1.29, 1.82) is 0 Å². The van der Waals surface area contributed by atoms with Crippen LogP contribution in [0.1, 0.15) is 27.2 Å². The molecule has 2 aromatic rings. The first kappa shape index (κ1) is 21.3. The maximum absolute atomic E-state index is 13.2. The average molecular weight is 411 g/mol. The summed E-state index contributed by atoms with van der Waals surface area (Å²) in [4.78, 5) is 26.8. The highest BCUT2D eigenvalue weighted by Crippen LogP contribution is 2.26. The number of nitrogens with zero attached hydrogens (tertiary/aromatic N) is 3. The lowest BCUT2D eigenvalue weighted by molar-refractivity contribution is -0.119. The molecule has 1 unspecified atom stereocenters. The van der Waals surface area contributed by atoms with E-state index in [9.17, 15) is 14.0 Å². The largest absolute Gasteiger partial charge is 0.369 e.